The average molecular weight is 270 g/mol. The molecular weight excluding hydrogens is 244 g/mol. The Kier molecular flexibility index (Phi) is 7.63. The van der Waals surface area contributed by atoms with Crippen molar-refractivity contribution < 1.29 is 0 Å². The first-order valence-electron chi connectivity index (χ1n) is 7.12. The number of hydrogen-bond donors (Lipinski definition) is 2. The molecule has 20 heavy (non-hydrogen) atoms. The average Bonchev–Trinajstić information content (AvgIpc) is 2.47. The molecule has 0 aliphatic rings. The molecule has 0 saturated heterocycles. The third-order valence-corrected chi connectivity index (χ3v) is 3.22. The van der Waals surface area contributed by atoms with Crippen molar-refractivity contribution in [3.8, 4) is 0 Å². The fraction of sp³-hybridized carbons (Fsp3) is 0.333. The van der Waals surface area contributed by atoms with Gasteiger partial charge in [-0.1, -0.05) is 60.2 Å². The summed E-state index contributed by atoms with van der Waals surface area (Å²) in [6, 6.07) is 8.77. The minimum atomic E-state index is 0.752. The normalized spacial score (nSPS) is 12.1. The van der Waals surface area contributed by atoms with E-state index in [1.165, 1.54) is 16.7 Å². The number of hydrazine groups is 1. The summed E-state index contributed by atoms with van der Waals surface area (Å²) in [5, 5.41) is 0. The zero-order chi connectivity index (χ0) is 14.8. The van der Waals surface area contributed by atoms with Crippen LogP contribution in [0.5, 0.6) is 0 Å². The number of allylic oxidation sites excluding steroid dienone is 3. The fourth-order valence-electron chi connectivity index (χ4n) is 1.85. The summed E-state index contributed by atoms with van der Waals surface area (Å²) < 4.78 is 0. The van der Waals surface area contributed by atoms with Crippen molar-refractivity contribution in [2.24, 2.45) is 0 Å². The van der Waals surface area contributed by atoms with Crippen molar-refractivity contribution in [1.29, 1.82) is 0 Å². The van der Waals surface area contributed by atoms with Crippen LogP contribution in [0.2, 0.25) is 0 Å². The third-order valence-electron chi connectivity index (χ3n) is 3.22. The lowest BCUT2D eigenvalue weighted by Gasteiger charge is -2.05. The van der Waals surface area contributed by atoms with Crippen molar-refractivity contribution in [3.63, 3.8) is 0 Å². The van der Waals surface area contributed by atoms with Gasteiger partial charge in [0.25, 0.3) is 0 Å². The predicted molar refractivity (Wildman–Crippen MR) is 88.6 cm³/mol. The summed E-state index contributed by atoms with van der Waals surface area (Å²) in [7, 11) is 1.86. The standard InChI is InChI=1S/C18H26N2/c1-5-17(9-8-16(3)14-20-19-4)12-13-18-10-6-15(2)7-11-18/h5-11,19-20H,3,12-14H2,1-2,4H3/b9-8-,17-5+. The zero-order valence-corrected chi connectivity index (χ0v) is 12.9. The van der Waals surface area contributed by atoms with E-state index in [0.717, 1.165) is 25.0 Å². The van der Waals surface area contributed by atoms with Gasteiger partial charge >= 0.3 is 0 Å². The van der Waals surface area contributed by atoms with E-state index in [1.807, 2.05) is 7.05 Å². The van der Waals surface area contributed by atoms with Crippen LogP contribution in [-0.4, -0.2) is 13.6 Å². The lowest BCUT2D eigenvalue weighted by molar-refractivity contribution is 0.639. The summed E-state index contributed by atoms with van der Waals surface area (Å²) in [5.41, 5.74) is 11.0. The van der Waals surface area contributed by atoms with Gasteiger partial charge in [-0.25, -0.2) is 0 Å². The first kappa shape index (κ1) is 16.4. The van der Waals surface area contributed by atoms with Gasteiger partial charge in [0, 0.05) is 6.54 Å². The van der Waals surface area contributed by atoms with Gasteiger partial charge in [-0.3, -0.25) is 10.9 Å². The van der Waals surface area contributed by atoms with E-state index in [0.29, 0.717) is 0 Å². The van der Waals surface area contributed by atoms with Gasteiger partial charge in [0.2, 0.25) is 0 Å². The molecule has 0 atom stereocenters. The molecule has 0 unspecified atom stereocenters. The predicted octanol–water partition coefficient (Wildman–Crippen LogP) is 3.71. The third kappa shape index (κ3) is 6.50. The lowest BCUT2D eigenvalue weighted by Crippen LogP contribution is -2.28. The van der Waals surface area contributed by atoms with E-state index in [4.69, 9.17) is 0 Å². The Hall–Kier alpha value is -1.64. The van der Waals surface area contributed by atoms with Crippen molar-refractivity contribution in [1.82, 2.24) is 10.9 Å². The molecule has 2 nitrogen and oxygen atoms in total. The van der Waals surface area contributed by atoms with Gasteiger partial charge in [-0.05, 0) is 44.9 Å². The van der Waals surface area contributed by atoms with E-state index < -0.39 is 0 Å². The van der Waals surface area contributed by atoms with Crippen molar-refractivity contribution in [2.45, 2.75) is 26.7 Å². The molecule has 2 heteroatoms. The molecule has 2 N–H and O–H groups in total. The summed E-state index contributed by atoms with van der Waals surface area (Å²) in [4.78, 5) is 0. The molecule has 108 valence electrons. The Morgan fingerprint density at radius 3 is 2.50 bits per heavy atom. The molecule has 0 radical (unpaired) electrons. The van der Waals surface area contributed by atoms with Crippen LogP contribution in [0.4, 0.5) is 0 Å². The molecule has 1 aromatic carbocycles. The molecule has 0 amide bonds. The maximum absolute atomic E-state index is 4.01. The number of nitrogens with one attached hydrogen (secondary N) is 2. The van der Waals surface area contributed by atoms with Gasteiger partial charge in [-0.2, -0.15) is 0 Å². The molecule has 0 aliphatic heterocycles. The van der Waals surface area contributed by atoms with Gasteiger partial charge in [0.1, 0.15) is 0 Å². The van der Waals surface area contributed by atoms with Gasteiger partial charge in [0.05, 0.1) is 0 Å². The highest BCUT2D eigenvalue weighted by Gasteiger charge is 1.96. The molecule has 0 aromatic heterocycles. The number of benzene rings is 1. The van der Waals surface area contributed by atoms with Gasteiger partial charge in [-0.15, -0.1) is 0 Å². The molecule has 0 bridgehead atoms. The maximum atomic E-state index is 4.01. The van der Waals surface area contributed by atoms with Crippen molar-refractivity contribution in [2.75, 3.05) is 13.6 Å². The zero-order valence-electron chi connectivity index (χ0n) is 12.9. The van der Waals surface area contributed by atoms with E-state index in [-0.39, 0.29) is 0 Å². The molecule has 0 aliphatic carbocycles. The summed E-state index contributed by atoms with van der Waals surface area (Å²) in [6.07, 6.45) is 8.54. The second-order valence-corrected chi connectivity index (χ2v) is 4.94. The first-order chi connectivity index (χ1) is 9.65. The van der Waals surface area contributed by atoms with Gasteiger partial charge < -0.3 is 0 Å². The quantitative estimate of drug-likeness (QED) is 0.556. The highest BCUT2D eigenvalue weighted by atomic mass is 15.3. The summed E-state index contributed by atoms with van der Waals surface area (Å²) >= 11 is 0. The first-order valence-corrected chi connectivity index (χ1v) is 7.12. The van der Waals surface area contributed by atoms with Crippen LogP contribution in [0.3, 0.4) is 0 Å². The topological polar surface area (TPSA) is 24.1 Å². The number of rotatable bonds is 8. The molecule has 0 fully saturated rings. The lowest BCUT2D eigenvalue weighted by atomic mass is 10.0. The highest BCUT2D eigenvalue weighted by Crippen LogP contribution is 2.12. The smallest absolute Gasteiger partial charge is 0.0345 e. The Morgan fingerprint density at radius 2 is 1.90 bits per heavy atom. The maximum Gasteiger partial charge on any atom is 0.0345 e. The van der Waals surface area contributed by atoms with Crippen LogP contribution in [0.25, 0.3) is 0 Å². The molecule has 0 heterocycles. The van der Waals surface area contributed by atoms with E-state index >= 15 is 0 Å². The van der Waals surface area contributed by atoms with Gasteiger partial charge in [0.15, 0.2) is 0 Å². The van der Waals surface area contributed by atoms with Crippen LogP contribution >= 0.6 is 0 Å². The minimum Gasteiger partial charge on any atom is -0.261 e. The highest BCUT2D eigenvalue weighted by molar-refractivity contribution is 5.28. The Bertz CT molecular complexity index is 467. The second-order valence-electron chi connectivity index (χ2n) is 4.94. The van der Waals surface area contributed by atoms with Crippen LogP contribution in [0, 0.1) is 6.92 Å². The molecule has 0 spiro atoms. The molecule has 0 saturated carbocycles. The van der Waals surface area contributed by atoms with Crippen LogP contribution in [0.15, 0.2) is 60.2 Å². The summed E-state index contributed by atoms with van der Waals surface area (Å²) in [6.45, 7) is 8.97. The minimum absolute atomic E-state index is 0.752. The Balaban J connectivity index is 2.45. The molecule has 1 aromatic rings. The Labute approximate surface area is 123 Å². The largest absolute Gasteiger partial charge is 0.261 e. The Morgan fingerprint density at radius 1 is 1.20 bits per heavy atom. The molecular formula is C18H26N2. The SMILES string of the molecule is C=C(/C=C\C(=C/C)CCc1ccc(C)cc1)CNNC. The van der Waals surface area contributed by atoms with E-state index in [2.05, 4.69) is 73.8 Å². The number of hydrogen-bond acceptors (Lipinski definition) is 2. The fourth-order valence-corrected chi connectivity index (χ4v) is 1.85. The van der Waals surface area contributed by atoms with E-state index in [1.54, 1.807) is 0 Å². The van der Waals surface area contributed by atoms with Crippen molar-refractivity contribution in [3.05, 3.63) is 71.3 Å². The molecule has 1 rings (SSSR count). The van der Waals surface area contributed by atoms with Crippen LogP contribution in [0.1, 0.15) is 24.5 Å². The number of aryl methyl sites for hydroxylation is 2. The van der Waals surface area contributed by atoms with Crippen molar-refractivity contribution >= 4 is 0 Å². The van der Waals surface area contributed by atoms with Crippen LogP contribution in [-0.2, 0) is 6.42 Å². The monoisotopic (exact) mass is 270 g/mol. The summed E-state index contributed by atoms with van der Waals surface area (Å²) in [5.74, 6) is 0. The second kappa shape index (κ2) is 9.29. The van der Waals surface area contributed by atoms with Crippen LogP contribution < -0.4 is 10.9 Å². The van der Waals surface area contributed by atoms with E-state index in [9.17, 15) is 0 Å².